The fraction of sp³-hybridized carbons (Fsp3) is 0.692. The van der Waals surface area contributed by atoms with Crippen LogP contribution < -0.4 is 10.6 Å². The largest absolute Gasteiger partial charge is 0.364 e. The molecule has 8 heteroatoms. The second-order valence-electron chi connectivity index (χ2n) is 5.06. The summed E-state index contributed by atoms with van der Waals surface area (Å²) < 4.78 is 0. The van der Waals surface area contributed by atoms with Gasteiger partial charge in [0.2, 0.25) is 11.6 Å². The first kappa shape index (κ1) is 15.8. The standard InChI is InChI=1S/C13H21N5O2S/c1-3-14-12-11(18(19)20)13(16-8-15-12)17-9-4-6-10(21-2)7-5-9/h8-10H,3-7H2,1-2H3,(H2,14,15,16,17). The van der Waals surface area contributed by atoms with Gasteiger partial charge in [-0.2, -0.15) is 11.8 Å². The summed E-state index contributed by atoms with van der Waals surface area (Å²) in [5.74, 6) is 0.594. The SMILES string of the molecule is CCNc1ncnc(NC2CCC(SC)CC2)c1[N+](=O)[O-]. The maximum absolute atomic E-state index is 11.3. The average molecular weight is 311 g/mol. The molecule has 1 aliphatic rings. The summed E-state index contributed by atoms with van der Waals surface area (Å²) in [6.45, 7) is 2.46. The predicted molar refractivity (Wildman–Crippen MR) is 86.0 cm³/mol. The average Bonchev–Trinajstić information content (AvgIpc) is 2.48. The molecule has 116 valence electrons. The van der Waals surface area contributed by atoms with Crippen molar-refractivity contribution in [2.75, 3.05) is 23.4 Å². The van der Waals surface area contributed by atoms with Crippen molar-refractivity contribution < 1.29 is 4.92 Å². The van der Waals surface area contributed by atoms with Gasteiger partial charge in [0.05, 0.1) is 4.92 Å². The zero-order valence-corrected chi connectivity index (χ0v) is 13.2. The number of hydrogen-bond donors (Lipinski definition) is 2. The number of nitro groups is 1. The molecule has 0 atom stereocenters. The van der Waals surface area contributed by atoms with E-state index in [0.29, 0.717) is 17.6 Å². The van der Waals surface area contributed by atoms with E-state index in [0.717, 1.165) is 25.7 Å². The maximum atomic E-state index is 11.3. The van der Waals surface area contributed by atoms with Gasteiger partial charge in [-0.25, -0.2) is 9.97 Å². The molecule has 0 spiro atoms. The second kappa shape index (κ2) is 7.44. The lowest BCUT2D eigenvalue weighted by Crippen LogP contribution is -2.28. The molecule has 1 heterocycles. The van der Waals surface area contributed by atoms with E-state index in [1.807, 2.05) is 18.7 Å². The summed E-state index contributed by atoms with van der Waals surface area (Å²) in [5.41, 5.74) is -0.0636. The highest BCUT2D eigenvalue weighted by Crippen LogP contribution is 2.33. The van der Waals surface area contributed by atoms with Gasteiger partial charge in [0.25, 0.3) is 0 Å². The highest BCUT2D eigenvalue weighted by molar-refractivity contribution is 7.99. The van der Waals surface area contributed by atoms with Gasteiger partial charge in [-0.05, 0) is 38.9 Å². The zero-order chi connectivity index (χ0) is 15.2. The van der Waals surface area contributed by atoms with E-state index in [-0.39, 0.29) is 17.5 Å². The lowest BCUT2D eigenvalue weighted by Gasteiger charge is -2.28. The Morgan fingerprint density at radius 1 is 1.33 bits per heavy atom. The molecule has 0 aliphatic heterocycles. The van der Waals surface area contributed by atoms with Crippen molar-refractivity contribution in [1.29, 1.82) is 0 Å². The third kappa shape index (κ3) is 3.96. The van der Waals surface area contributed by atoms with Crippen LogP contribution in [0.4, 0.5) is 17.3 Å². The van der Waals surface area contributed by atoms with E-state index in [9.17, 15) is 10.1 Å². The van der Waals surface area contributed by atoms with Gasteiger partial charge in [-0.3, -0.25) is 10.1 Å². The van der Waals surface area contributed by atoms with E-state index in [2.05, 4.69) is 26.9 Å². The molecule has 21 heavy (non-hydrogen) atoms. The van der Waals surface area contributed by atoms with Gasteiger partial charge < -0.3 is 10.6 Å². The number of aromatic nitrogens is 2. The van der Waals surface area contributed by atoms with Crippen LogP contribution in [-0.4, -0.2) is 39.0 Å². The summed E-state index contributed by atoms with van der Waals surface area (Å²) >= 11 is 1.90. The van der Waals surface area contributed by atoms with Crippen LogP contribution in [0.2, 0.25) is 0 Å². The van der Waals surface area contributed by atoms with Crippen LogP contribution in [0.25, 0.3) is 0 Å². The molecule has 2 rings (SSSR count). The zero-order valence-electron chi connectivity index (χ0n) is 12.3. The Hall–Kier alpha value is -1.57. The van der Waals surface area contributed by atoms with Crippen LogP contribution in [0.1, 0.15) is 32.6 Å². The van der Waals surface area contributed by atoms with Gasteiger partial charge in [0.15, 0.2) is 0 Å². The van der Waals surface area contributed by atoms with E-state index in [1.165, 1.54) is 6.33 Å². The summed E-state index contributed by atoms with van der Waals surface area (Å²) in [7, 11) is 0. The smallest absolute Gasteiger partial charge is 0.353 e. The Kier molecular flexibility index (Phi) is 5.60. The van der Waals surface area contributed by atoms with E-state index < -0.39 is 4.92 Å². The molecule has 0 unspecified atom stereocenters. The Labute approximate surface area is 128 Å². The van der Waals surface area contributed by atoms with Crippen LogP contribution in [0, 0.1) is 10.1 Å². The van der Waals surface area contributed by atoms with Crippen molar-refractivity contribution in [1.82, 2.24) is 9.97 Å². The van der Waals surface area contributed by atoms with Crippen LogP contribution in [0.5, 0.6) is 0 Å². The fourth-order valence-corrected chi connectivity index (χ4v) is 3.33. The number of thioether (sulfide) groups is 1. The Balaban J connectivity index is 2.12. The van der Waals surface area contributed by atoms with Gasteiger partial charge in [-0.15, -0.1) is 0 Å². The van der Waals surface area contributed by atoms with Gasteiger partial charge >= 0.3 is 5.69 Å². The molecular formula is C13H21N5O2S. The molecule has 1 saturated carbocycles. The van der Waals surface area contributed by atoms with E-state index >= 15 is 0 Å². The normalized spacial score (nSPS) is 21.8. The number of hydrogen-bond acceptors (Lipinski definition) is 7. The van der Waals surface area contributed by atoms with Crippen LogP contribution in [0.15, 0.2) is 6.33 Å². The van der Waals surface area contributed by atoms with Crippen LogP contribution in [-0.2, 0) is 0 Å². The summed E-state index contributed by atoms with van der Waals surface area (Å²) in [6, 6.07) is 0.247. The first-order valence-corrected chi connectivity index (χ1v) is 8.47. The Morgan fingerprint density at radius 2 is 2.00 bits per heavy atom. The van der Waals surface area contributed by atoms with Gasteiger partial charge in [0.1, 0.15) is 6.33 Å². The molecule has 1 aliphatic carbocycles. The minimum absolute atomic E-state index is 0.0636. The summed E-state index contributed by atoms with van der Waals surface area (Å²) in [4.78, 5) is 18.9. The first-order chi connectivity index (χ1) is 10.2. The highest BCUT2D eigenvalue weighted by atomic mass is 32.2. The fourth-order valence-electron chi connectivity index (χ4n) is 2.59. The molecule has 0 aromatic carbocycles. The molecule has 7 nitrogen and oxygen atoms in total. The molecule has 1 aromatic rings. The summed E-state index contributed by atoms with van der Waals surface area (Å²) in [5, 5.41) is 18.2. The number of anilines is 2. The molecular weight excluding hydrogens is 290 g/mol. The van der Waals surface area contributed by atoms with Crippen molar-refractivity contribution in [3.63, 3.8) is 0 Å². The molecule has 1 aromatic heterocycles. The van der Waals surface area contributed by atoms with Gasteiger partial charge in [-0.1, -0.05) is 0 Å². The molecule has 0 saturated heterocycles. The van der Waals surface area contributed by atoms with Crippen molar-refractivity contribution in [3.8, 4) is 0 Å². The number of nitrogens with one attached hydrogen (secondary N) is 2. The van der Waals surface area contributed by atoms with Gasteiger partial charge in [0, 0.05) is 17.8 Å². The second-order valence-corrected chi connectivity index (χ2v) is 6.20. The molecule has 1 fully saturated rings. The third-order valence-electron chi connectivity index (χ3n) is 3.70. The van der Waals surface area contributed by atoms with Crippen molar-refractivity contribution in [2.45, 2.75) is 43.9 Å². The minimum Gasteiger partial charge on any atom is -0.364 e. The maximum Gasteiger partial charge on any atom is 0.353 e. The predicted octanol–water partition coefficient (Wildman–Crippen LogP) is 2.90. The van der Waals surface area contributed by atoms with Crippen molar-refractivity contribution >= 4 is 29.1 Å². The van der Waals surface area contributed by atoms with E-state index in [4.69, 9.17) is 0 Å². The lowest BCUT2D eigenvalue weighted by molar-refractivity contribution is -0.383. The monoisotopic (exact) mass is 311 g/mol. The molecule has 0 amide bonds. The first-order valence-electron chi connectivity index (χ1n) is 7.18. The Morgan fingerprint density at radius 3 is 2.57 bits per heavy atom. The quantitative estimate of drug-likeness (QED) is 0.616. The van der Waals surface area contributed by atoms with Crippen molar-refractivity contribution in [2.24, 2.45) is 0 Å². The Bertz CT molecular complexity index is 491. The third-order valence-corrected chi connectivity index (χ3v) is 4.84. The minimum atomic E-state index is -0.423. The number of rotatable bonds is 6. The van der Waals surface area contributed by atoms with Crippen LogP contribution in [0.3, 0.4) is 0 Å². The van der Waals surface area contributed by atoms with Crippen molar-refractivity contribution in [3.05, 3.63) is 16.4 Å². The molecule has 0 radical (unpaired) electrons. The van der Waals surface area contributed by atoms with Crippen LogP contribution >= 0.6 is 11.8 Å². The lowest BCUT2D eigenvalue weighted by atomic mass is 9.95. The molecule has 2 N–H and O–H groups in total. The topological polar surface area (TPSA) is 93.0 Å². The number of nitrogens with zero attached hydrogens (tertiary/aromatic N) is 3. The molecule has 0 bridgehead atoms. The summed E-state index contributed by atoms with van der Waals surface area (Å²) in [6.07, 6.45) is 7.80. The highest BCUT2D eigenvalue weighted by Gasteiger charge is 2.26. The van der Waals surface area contributed by atoms with E-state index in [1.54, 1.807) is 0 Å².